The quantitative estimate of drug-likeness (QED) is 0.210. The number of aromatic nitrogens is 3. The van der Waals surface area contributed by atoms with Gasteiger partial charge in [0.05, 0.1) is 16.2 Å². The van der Waals surface area contributed by atoms with Crippen LogP contribution in [-0.2, 0) is 13.0 Å². The summed E-state index contributed by atoms with van der Waals surface area (Å²) in [5.74, 6) is 0.733. The Bertz CT molecular complexity index is 1780. The van der Waals surface area contributed by atoms with Crippen LogP contribution in [-0.4, -0.2) is 39.7 Å². The maximum atomic E-state index is 13.2. The molecule has 3 aromatic heterocycles. The van der Waals surface area contributed by atoms with Crippen molar-refractivity contribution in [2.75, 3.05) is 18.0 Å². The van der Waals surface area contributed by atoms with Crippen molar-refractivity contribution in [1.29, 1.82) is 0 Å². The van der Waals surface area contributed by atoms with E-state index in [-0.39, 0.29) is 17.6 Å². The van der Waals surface area contributed by atoms with Crippen molar-refractivity contribution in [3.05, 3.63) is 100 Å². The summed E-state index contributed by atoms with van der Waals surface area (Å²) in [6, 6.07) is 19.7. The molecule has 6 rings (SSSR count). The highest BCUT2D eigenvalue weighted by molar-refractivity contribution is 6.30. The van der Waals surface area contributed by atoms with Crippen molar-refractivity contribution in [2.24, 2.45) is 0 Å². The van der Waals surface area contributed by atoms with Crippen LogP contribution in [0.3, 0.4) is 0 Å². The van der Waals surface area contributed by atoms with Crippen LogP contribution in [0.2, 0.25) is 5.02 Å². The summed E-state index contributed by atoms with van der Waals surface area (Å²) in [4.78, 5) is 24.8. The summed E-state index contributed by atoms with van der Waals surface area (Å²) in [7, 11) is 0. The lowest BCUT2D eigenvalue weighted by atomic mass is 9.89. The van der Waals surface area contributed by atoms with Crippen molar-refractivity contribution in [2.45, 2.75) is 45.0 Å². The molecule has 7 nitrogen and oxygen atoms in total. The van der Waals surface area contributed by atoms with E-state index in [0.29, 0.717) is 35.0 Å². The maximum Gasteiger partial charge on any atom is 0.573 e. The Hall–Kier alpha value is -4.31. The number of ether oxygens (including phenoxy) is 1. The second-order valence-corrected chi connectivity index (χ2v) is 11.0. The predicted molar refractivity (Wildman–Crippen MR) is 160 cm³/mol. The lowest BCUT2D eigenvalue weighted by Gasteiger charge is -2.33. The van der Waals surface area contributed by atoms with Gasteiger partial charge in [-0.25, -0.2) is 9.97 Å². The highest BCUT2D eigenvalue weighted by Gasteiger charge is 2.31. The van der Waals surface area contributed by atoms with E-state index in [1.54, 1.807) is 34.9 Å². The van der Waals surface area contributed by atoms with Gasteiger partial charge in [0.1, 0.15) is 22.9 Å². The van der Waals surface area contributed by atoms with Gasteiger partial charge in [0.2, 0.25) is 0 Å². The number of hydrogen-bond donors (Lipinski definition) is 1. The van der Waals surface area contributed by atoms with E-state index in [9.17, 15) is 18.0 Å². The van der Waals surface area contributed by atoms with Gasteiger partial charge in [0.15, 0.2) is 0 Å². The van der Waals surface area contributed by atoms with Crippen LogP contribution in [0.5, 0.6) is 5.75 Å². The molecule has 0 radical (unpaired) electrons. The number of alkyl halides is 3. The van der Waals surface area contributed by atoms with E-state index in [1.165, 1.54) is 12.1 Å². The molecule has 0 atom stereocenters. The van der Waals surface area contributed by atoms with Gasteiger partial charge in [-0.1, -0.05) is 36.7 Å². The predicted octanol–water partition coefficient (Wildman–Crippen LogP) is 7.31. The number of benzene rings is 2. The average Bonchev–Trinajstić information content (AvgIpc) is 3.37. The van der Waals surface area contributed by atoms with Crippen molar-refractivity contribution >= 4 is 39.9 Å². The molecule has 1 amide bonds. The number of carbonyl (C=O) groups is 1. The fraction of sp³-hybridized carbons (Fsp3) is 0.281. The largest absolute Gasteiger partial charge is 0.573 e. The minimum absolute atomic E-state index is 0.206. The van der Waals surface area contributed by atoms with Gasteiger partial charge in [-0.05, 0) is 84.8 Å². The van der Waals surface area contributed by atoms with Crippen LogP contribution in [0.15, 0.2) is 72.9 Å². The Morgan fingerprint density at radius 3 is 2.51 bits per heavy atom. The summed E-state index contributed by atoms with van der Waals surface area (Å²) in [5.41, 5.74) is 4.71. The van der Waals surface area contributed by atoms with Crippen LogP contribution in [0, 0.1) is 0 Å². The van der Waals surface area contributed by atoms with E-state index in [2.05, 4.69) is 19.9 Å². The van der Waals surface area contributed by atoms with Crippen molar-refractivity contribution in [1.82, 2.24) is 19.7 Å². The fourth-order valence-corrected chi connectivity index (χ4v) is 5.81. The molecule has 43 heavy (non-hydrogen) atoms. The molecule has 1 aliphatic rings. The van der Waals surface area contributed by atoms with E-state index in [0.717, 1.165) is 53.8 Å². The molecular weight excluding hydrogens is 579 g/mol. The third-order valence-electron chi connectivity index (χ3n) is 7.80. The highest BCUT2D eigenvalue weighted by atomic mass is 35.5. The van der Waals surface area contributed by atoms with Crippen LogP contribution < -0.4 is 15.0 Å². The zero-order chi connectivity index (χ0) is 30.1. The summed E-state index contributed by atoms with van der Waals surface area (Å²) < 4.78 is 43.1. The Kier molecular flexibility index (Phi) is 7.87. The number of hydrogen-bond acceptors (Lipinski definition) is 5. The van der Waals surface area contributed by atoms with Gasteiger partial charge in [-0.3, -0.25) is 9.20 Å². The third-order valence-corrected chi connectivity index (χ3v) is 8.02. The molecule has 0 saturated carbocycles. The summed E-state index contributed by atoms with van der Waals surface area (Å²) >= 11 is 6.17. The molecule has 5 aromatic rings. The lowest BCUT2D eigenvalue weighted by molar-refractivity contribution is -0.274. The number of amides is 1. The van der Waals surface area contributed by atoms with Gasteiger partial charge in [0, 0.05) is 31.2 Å². The van der Waals surface area contributed by atoms with E-state index >= 15 is 0 Å². The lowest BCUT2D eigenvalue weighted by Crippen LogP contribution is -2.33. The smallest absolute Gasteiger partial charge is 0.406 e. The van der Waals surface area contributed by atoms with E-state index < -0.39 is 6.36 Å². The molecular formula is C32H29ClF3N5O2. The first-order valence-corrected chi connectivity index (χ1v) is 14.5. The number of nitrogens with one attached hydrogen (secondary N) is 1. The number of pyridine rings is 2. The molecule has 4 heterocycles. The van der Waals surface area contributed by atoms with Crippen molar-refractivity contribution < 1.29 is 22.7 Å². The Morgan fingerprint density at radius 1 is 1.02 bits per heavy atom. The number of piperidine rings is 1. The number of imidazole rings is 1. The maximum absolute atomic E-state index is 13.2. The highest BCUT2D eigenvalue weighted by Crippen LogP contribution is 2.32. The number of halogens is 4. The fourth-order valence-electron chi connectivity index (χ4n) is 5.65. The van der Waals surface area contributed by atoms with Gasteiger partial charge >= 0.3 is 6.36 Å². The first-order valence-electron chi connectivity index (χ1n) is 14.1. The van der Waals surface area contributed by atoms with Crippen LogP contribution in [0.25, 0.3) is 16.6 Å². The topological polar surface area (TPSA) is 71.8 Å². The average molecular weight is 608 g/mol. The molecule has 0 aliphatic carbocycles. The standard InChI is InChI=1S/C32H29ClF3N5O2/c1-2-26-30(41-19-24(33)7-12-29(41)38-26)31(42)37-18-20-3-10-27-23(17-20)6-11-28(39-27)40-15-13-22(14-16-40)21-4-8-25(9-5-21)43-32(34,35)36/h3-12,17,19,22H,2,13-16,18H2,1H3,(H,37,42). The second kappa shape index (κ2) is 11.8. The number of aryl methyl sites for hydroxylation is 1. The van der Waals surface area contributed by atoms with Crippen molar-refractivity contribution in [3.8, 4) is 5.75 Å². The number of rotatable bonds is 7. The molecule has 1 fully saturated rings. The molecule has 1 N–H and O–H groups in total. The normalized spacial score (nSPS) is 14.4. The zero-order valence-electron chi connectivity index (χ0n) is 23.4. The van der Waals surface area contributed by atoms with Crippen molar-refractivity contribution in [3.63, 3.8) is 0 Å². The number of nitrogens with zero attached hydrogens (tertiary/aromatic N) is 4. The minimum atomic E-state index is -4.69. The van der Waals surface area contributed by atoms with E-state index in [1.807, 2.05) is 37.3 Å². The van der Waals surface area contributed by atoms with Crippen LogP contribution >= 0.6 is 11.6 Å². The SMILES string of the molecule is CCc1nc2ccc(Cl)cn2c1C(=O)NCc1ccc2nc(N3CCC(c4ccc(OC(F)(F)F)cc4)CC3)ccc2c1. The summed E-state index contributed by atoms with van der Waals surface area (Å²) in [6.45, 7) is 3.90. The molecule has 0 bridgehead atoms. The molecule has 222 valence electrons. The van der Waals surface area contributed by atoms with Crippen LogP contribution in [0.1, 0.15) is 53.0 Å². The van der Waals surface area contributed by atoms with E-state index in [4.69, 9.17) is 16.6 Å². The Morgan fingerprint density at radius 2 is 1.79 bits per heavy atom. The molecule has 11 heteroatoms. The number of fused-ring (bicyclic) bond motifs is 2. The van der Waals surface area contributed by atoms with Gasteiger partial charge in [-0.15, -0.1) is 13.2 Å². The minimum Gasteiger partial charge on any atom is -0.406 e. The summed E-state index contributed by atoms with van der Waals surface area (Å²) in [5, 5.41) is 4.52. The summed E-state index contributed by atoms with van der Waals surface area (Å²) in [6.07, 6.45) is -0.625. The first-order chi connectivity index (χ1) is 20.7. The zero-order valence-corrected chi connectivity index (χ0v) is 24.1. The van der Waals surface area contributed by atoms with Gasteiger partial charge < -0.3 is 15.0 Å². The molecule has 2 aromatic carbocycles. The molecule has 0 unspecified atom stereocenters. The third kappa shape index (κ3) is 6.39. The molecule has 1 aliphatic heterocycles. The van der Waals surface area contributed by atoms with Crippen LogP contribution in [0.4, 0.5) is 19.0 Å². The number of carbonyl (C=O) groups excluding carboxylic acids is 1. The molecule has 1 saturated heterocycles. The Labute approximate surface area is 251 Å². The Balaban J connectivity index is 1.08. The molecule has 0 spiro atoms. The second-order valence-electron chi connectivity index (χ2n) is 10.6. The first kappa shape index (κ1) is 28.8. The van der Waals surface area contributed by atoms with Gasteiger partial charge in [-0.2, -0.15) is 0 Å². The number of anilines is 1. The monoisotopic (exact) mass is 607 g/mol. The van der Waals surface area contributed by atoms with Gasteiger partial charge in [0.25, 0.3) is 5.91 Å².